The lowest BCUT2D eigenvalue weighted by molar-refractivity contribution is 0.416. The van der Waals surface area contributed by atoms with Crippen molar-refractivity contribution in [1.82, 2.24) is 19.9 Å². The smallest absolute Gasteiger partial charge is 0.199 e. The molecule has 174 valence electrons. The number of hydrogen-bond donors (Lipinski definition) is 0. The fourth-order valence-corrected chi connectivity index (χ4v) is 4.64. The number of aromatic nitrogens is 4. The Morgan fingerprint density at radius 1 is 0.306 bits per heavy atom. The zero-order valence-corrected chi connectivity index (χ0v) is 17.7. The van der Waals surface area contributed by atoms with E-state index in [4.69, 9.17) is 0 Å². The topological polar surface area (TPSA) is 51.6 Å². The Morgan fingerprint density at radius 3 is 0.944 bits per heavy atom. The highest BCUT2D eigenvalue weighted by Gasteiger charge is 2.27. The summed E-state index contributed by atoms with van der Waals surface area (Å²) in [6.07, 6.45) is 0. The summed E-state index contributed by atoms with van der Waals surface area (Å²) in [5, 5.41) is 2.90. The Hall–Kier alpha value is -4.60. The fourth-order valence-electron chi connectivity index (χ4n) is 4.64. The summed E-state index contributed by atoms with van der Waals surface area (Å²) in [6, 6.07) is 14.5. The van der Waals surface area contributed by atoms with Crippen molar-refractivity contribution in [3.8, 4) is 0 Å². The molecular weight excluding hydrogens is 482 g/mol. The summed E-state index contributed by atoms with van der Waals surface area (Å²) >= 11 is 0. The maximum atomic E-state index is 15.7. The molecule has 0 N–H and O–H groups in total. The normalized spacial score (nSPS) is 12.2. The summed E-state index contributed by atoms with van der Waals surface area (Å²) in [5.41, 5.74) is -4.29. The molecule has 2 aromatic heterocycles. The van der Waals surface area contributed by atoms with Crippen LogP contribution < -0.4 is 0 Å². The minimum atomic E-state index is -2.14. The molecule has 10 heteroatoms. The Kier molecular flexibility index (Phi) is 4.02. The van der Waals surface area contributed by atoms with E-state index in [0.717, 1.165) is 10.8 Å². The Balaban J connectivity index is 1.73. The van der Waals surface area contributed by atoms with Crippen molar-refractivity contribution in [1.29, 1.82) is 0 Å². The van der Waals surface area contributed by atoms with Crippen LogP contribution in [0, 0.1) is 34.9 Å². The van der Waals surface area contributed by atoms with Crippen molar-refractivity contribution in [3.63, 3.8) is 0 Å². The van der Waals surface area contributed by atoms with E-state index in [1.54, 1.807) is 24.3 Å². The van der Waals surface area contributed by atoms with Gasteiger partial charge in [-0.1, -0.05) is 48.5 Å². The monoisotopic (exact) mass is 490 g/mol. The second-order valence-electron chi connectivity index (χ2n) is 8.21. The maximum Gasteiger partial charge on any atom is 0.199 e. The lowest BCUT2D eigenvalue weighted by atomic mass is 9.99. The van der Waals surface area contributed by atoms with Gasteiger partial charge in [0.15, 0.2) is 34.9 Å². The van der Waals surface area contributed by atoms with Crippen LogP contribution in [0.5, 0.6) is 0 Å². The molecule has 4 nitrogen and oxygen atoms in total. The van der Waals surface area contributed by atoms with Gasteiger partial charge in [-0.2, -0.15) is 0 Å². The van der Waals surface area contributed by atoms with E-state index in [1.165, 1.54) is 0 Å². The Bertz CT molecular complexity index is 1980. The molecule has 36 heavy (non-hydrogen) atoms. The highest BCUT2D eigenvalue weighted by atomic mass is 19.2. The van der Waals surface area contributed by atoms with Crippen LogP contribution in [-0.2, 0) is 0 Å². The summed E-state index contributed by atoms with van der Waals surface area (Å²) in [4.78, 5) is 15.9. The van der Waals surface area contributed by atoms with Crippen molar-refractivity contribution in [2.24, 2.45) is 0 Å². The average Bonchev–Trinajstić information content (AvgIpc) is 2.92. The summed E-state index contributed by atoms with van der Waals surface area (Å²) in [6.45, 7) is 0. The standard InChI is InChI=1S/C26H8F6N4/c27-13-14(28)16(30)22-21(15(13)29)35-25-17(31)23-24(18(32)26(25)36-22)34-20-12-8-4-2-6-10(12)9-5-1-3-7-11(9)19(20)33-23/h1-8H. The fraction of sp³-hybridized carbons (Fsp3) is 0. The van der Waals surface area contributed by atoms with Crippen LogP contribution in [0.2, 0.25) is 0 Å². The molecule has 0 saturated carbocycles. The van der Waals surface area contributed by atoms with Gasteiger partial charge in [-0.3, -0.25) is 0 Å². The third-order valence-electron chi connectivity index (χ3n) is 6.27. The van der Waals surface area contributed by atoms with Gasteiger partial charge in [-0.25, -0.2) is 46.3 Å². The number of halogens is 6. The quantitative estimate of drug-likeness (QED) is 0.0754. The molecule has 0 aliphatic carbocycles. The molecule has 0 atom stereocenters. The van der Waals surface area contributed by atoms with Crippen molar-refractivity contribution >= 4 is 65.7 Å². The van der Waals surface area contributed by atoms with Gasteiger partial charge in [0.25, 0.3) is 0 Å². The molecule has 0 radical (unpaired) electrons. The molecule has 0 unspecified atom stereocenters. The van der Waals surface area contributed by atoms with Crippen LogP contribution in [0.3, 0.4) is 0 Å². The molecule has 0 amide bonds. The number of fused-ring (bicyclic) bond motifs is 9. The van der Waals surface area contributed by atoms with Crippen LogP contribution in [-0.4, -0.2) is 19.9 Å². The van der Waals surface area contributed by atoms with Gasteiger partial charge in [-0.05, 0) is 10.8 Å². The molecule has 5 aromatic carbocycles. The van der Waals surface area contributed by atoms with Crippen LogP contribution in [0.4, 0.5) is 26.3 Å². The number of benzene rings is 5. The van der Waals surface area contributed by atoms with E-state index >= 15 is 8.78 Å². The molecule has 0 fully saturated rings. The molecule has 0 saturated heterocycles. The van der Waals surface area contributed by atoms with Crippen molar-refractivity contribution in [2.75, 3.05) is 0 Å². The van der Waals surface area contributed by atoms with Crippen LogP contribution in [0.25, 0.3) is 65.7 Å². The van der Waals surface area contributed by atoms with E-state index in [0.29, 0.717) is 10.8 Å². The second kappa shape index (κ2) is 6.97. The molecule has 0 spiro atoms. The molecule has 2 heterocycles. The largest absolute Gasteiger partial charge is 0.241 e. The van der Waals surface area contributed by atoms with Gasteiger partial charge in [0, 0.05) is 10.8 Å². The van der Waals surface area contributed by atoms with E-state index in [1.807, 2.05) is 24.3 Å². The number of hydrogen-bond acceptors (Lipinski definition) is 4. The first-order valence-corrected chi connectivity index (χ1v) is 10.6. The first kappa shape index (κ1) is 20.7. The Morgan fingerprint density at radius 2 is 0.583 bits per heavy atom. The zero-order valence-electron chi connectivity index (χ0n) is 17.7. The molecular formula is C26H8F6N4. The first-order valence-electron chi connectivity index (χ1n) is 10.6. The minimum Gasteiger partial charge on any atom is -0.241 e. The predicted molar refractivity (Wildman–Crippen MR) is 122 cm³/mol. The van der Waals surface area contributed by atoms with Gasteiger partial charge in [0.1, 0.15) is 33.1 Å². The summed E-state index contributed by atoms with van der Waals surface area (Å²) in [7, 11) is 0. The minimum absolute atomic E-state index is 0.286. The lowest BCUT2D eigenvalue weighted by Gasteiger charge is -2.12. The number of rotatable bonds is 0. The van der Waals surface area contributed by atoms with E-state index in [9.17, 15) is 17.6 Å². The van der Waals surface area contributed by atoms with E-state index in [-0.39, 0.29) is 11.0 Å². The molecule has 0 aliphatic heterocycles. The first-order chi connectivity index (χ1) is 17.4. The van der Waals surface area contributed by atoms with Crippen molar-refractivity contribution < 1.29 is 26.3 Å². The van der Waals surface area contributed by atoms with Crippen LogP contribution >= 0.6 is 0 Å². The van der Waals surface area contributed by atoms with Crippen LogP contribution in [0.15, 0.2) is 48.5 Å². The molecule has 0 aliphatic rings. The summed E-state index contributed by atoms with van der Waals surface area (Å²) < 4.78 is 87.5. The zero-order chi connectivity index (χ0) is 24.9. The number of nitrogens with zero attached hydrogens (tertiary/aromatic N) is 4. The Labute approximate surface area is 195 Å². The van der Waals surface area contributed by atoms with Gasteiger partial charge < -0.3 is 0 Å². The van der Waals surface area contributed by atoms with E-state index < -0.39 is 68.0 Å². The van der Waals surface area contributed by atoms with Crippen molar-refractivity contribution in [2.45, 2.75) is 0 Å². The summed E-state index contributed by atoms with van der Waals surface area (Å²) in [5.74, 6) is -10.5. The van der Waals surface area contributed by atoms with Gasteiger partial charge in [0.2, 0.25) is 0 Å². The average molecular weight is 490 g/mol. The molecule has 0 bridgehead atoms. The maximum absolute atomic E-state index is 15.7. The third kappa shape index (κ3) is 2.50. The predicted octanol–water partition coefficient (Wildman–Crippen LogP) is 7.02. The second-order valence-corrected chi connectivity index (χ2v) is 8.21. The lowest BCUT2D eigenvalue weighted by Crippen LogP contribution is -2.05. The molecule has 7 aromatic rings. The van der Waals surface area contributed by atoms with E-state index in [2.05, 4.69) is 19.9 Å². The van der Waals surface area contributed by atoms with Gasteiger partial charge in [0.05, 0.1) is 11.0 Å². The van der Waals surface area contributed by atoms with Crippen molar-refractivity contribution in [3.05, 3.63) is 83.4 Å². The van der Waals surface area contributed by atoms with Gasteiger partial charge in [-0.15, -0.1) is 0 Å². The van der Waals surface area contributed by atoms with Gasteiger partial charge >= 0.3 is 0 Å². The third-order valence-corrected chi connectivity index (χ3v) is 6.27. The molecule has 7 rings (SSSR count). The van der Waals surface area contributed by atoms with Crippen LogP contribution in [0.1, 0.15) is 0 Å². The SMILES string of the molecule is Fc1c(F)c(F)c2nc3c(F)c4nc5c6ccccc6c6ccccc6c5nc4c(F)c3nc2c1F. The highest BCUT2D eigenvalue weighted by molar-refractivity contribution is 6.24. The highest BCUT2D eigenvalue weighted by Crippen LogP contribution is 2.37.